The van der Waals surface area contributed by atoms with Gasteiger partial charge in [-0.15, -0.1) is 0 Å². The Morgan fingerprint density at radius 3 is 2.69 bits per heavy atom. The predicted molar refractivity (Wildman–Crippen MR) is 72.0 cm³/mol. The smallest absolute Gasteiger partial charge is 0.0722 e. The minimum atomic E-state index is 0.123. The molecule has 0 aromatic carbocycles. The van der Waals surface area contributed by atoms with Gasteiger partial charge in [0, 0.05) is 43.1 Å². The molecule has 0 aliphatic carbocycles. The van der Waals surface area contributed by atoms with Crippen LogP contribution in [-0.4, -0.2) is 28.3 Å². The van der Waals surface area contributed by atoms with Crippen LogP contribution in [0.25, 0.3) is 0 Å². The van der Waals surface area contributed by atoms with Crippen molar-refractivity contribution in [2.75, 3.05) is 18.6 Å². The quantitative estimate of drug-likeness (QED) is 0.801. The molecule has 0 aliphatic heterocycles. The van der Waals surface area contributed by atoms with Gasteiger partial charge in [0.25, 0.3) is 0 Å². The van der Waals surface area contributed by atoms with Crippen LogP contribution in [0.4, 0.5) is 0 Å². The molecule has 1 aromatic rings. The summed E-state index contributed by atoms with van der Waals surface area (Å²) < 4.78 is 1.91. The molecule has 0 saturated heterocycles. The third-order valence-corrected chi connectivity index (χ3v) is 3.03. The fourth-order valence-electron chi connectivity index (χ4n) is 1.70. The summed E-state index contributed by atoms with van der Waals surface area (Å²) >= 11 is 1.87. The van der Waals surface area contributed by atoms with E-state index in [-0.39, 0.29) is 5.41 Å². The lowest BCUT2D eigenvalue weighted by atomic mass is 9.89. The second-order valence-corrected chi connectivity index (χ2v) is 6.08. The molecule has 0 radical (unpaired) electrons. The largest absolute Gasteiger partial charge is 0.312 e. The van der Waals surface area contributed by atoms with E-state index in [1.165, 1.54) is 11.3 Å². The Morgan fingerprint density at radius 1 is 1.44 bits per heavy atom. The van der Waals surface area contributed by atoms with Crippen LogP contribution in [0.1, 0.15) is 32.0 Å². The number of nitrogens with one attached hydrogen (secondary N) is 1. The molecule has 0 atom stereocenters. The van der Waals surface area contributed by atoms with Gasteiger partial charge in [-0.3, -0.25) is 4.68 Å². The molecular formula is C12H23N3S. The highest BCUT2D eigenvalue weighted by atomic mass is 32.2. The topological polar surface area (TPSA) is 29.9 Å². The van der Waals surface area contributed by atoms with Gasteiger partial charge >= 0.3 is 0 Å². The van der Waals surface area contributed by atoms with Gasteiger partial charge in [0.15, 0.2) is 0 Å². The van der Waals surface area contributed by atoms with Crippen LogP contribution in [0.2, 0.25) is 0 Å². The Morgan fingerprint density at radius 2 is 2.12 bits per heavy atom. The van der Waals surface area contributed by atoms with Gasteiger partial charge in [0.2, 0.25) is 0 Å². The zero-order valence-corrected chi connectivity index (χ0v) is 11.8. The van der Waals surface area contributed by atoms with E-state index in [1.54, 1.807) is 0 Å². The van der Waals surface area contributed by atoms with Crippen molar-refractivity contribution in [2.45, 2.75) is 32.7 Å². The van der Waals surface area contributed by atoms with Crippen LogP contribution in [0.5, 0.6) is 0 Å². The van der Waals surface area contributed by atoms with Crippen LogP contribution >= 0.6 is 11.8 Å². The summed E-state index contributed by atoms with van der Waals surface area (Å²) in [6, 6.07) is 0. The third-order valence-electron chi connectivity index (χ3n) is 2.41. The van der Waals surface area contributed by atoms with E-state index in [1.807, 2.05) is 23.5 Å². The Bertz CT molecular complexity index is 325. The van der Waals surface area contributed by atoms with Crippen LogP contribution in [0.3, 0.4) is 0 Å². The van der Waals surface area contributed by atoms with Crippen molar-refractivity contribution in [3.63, 3.8) is 0 Å². The highest BCUT2D eigenvalue weighted by molar-refractivity contribution is 7.98. The molecule has 1 aromatic heterocycles. The first-order chi connectivity index (χ1) is 7.45. The highest BCUT2D eigenvalue weighted by Gasteiger charge is 2.21. The zero-order valence-electron chi connectivity index (χ0n) is 11.0. The second kappa shape index (κ2) is 5.73. The summed E-state index contributed by atoms with van der Waals surface area (Å²) in [5.41, 5.74) is 2.64. The fraction of sp³-hybridized carbons (Fsp3) is 0.750. The molecule has 1 N–H and O–H groups in total. The van der Waals surface area contributed by atoms with Crippen LogP contribution in [-0.2, 0) is 19.0 Å². The molecular weight excluding hydrogens is 218 g/mol. The fourth-order valence-corrected chi connectivity index (χ4v) is 2.04. The minimum Gasteiger partial charge on any atom is -0.312 e. The number of rotatable bonds is 5. The molecule has 0 fully saturated rings. The van der Waals surface area contributed by atoms with E-state index in [4.69, 9.17) is 0 Å². The van der Waals surface area contributed by atoms with Crippen LogP contribution in [0.15, 0.2) is 6.20 Å². The molecule has 0 spiro atoms. The molecule has 3 nitrogen and oxygen atoms in total. The molecule has 0 aliphatic rings. The monoisotopic (exact) mass is 241 g/mol. The number of thioether (sulfide) groups is 1. The van der Waals surface area contributed by atoms with E-state index >= 15 is 0 Å². The second-order valence-electron chi connectivity index (χ2n) is 5.10. The molecule has 16 heavy (non-hydrogen) atoms. The predicted octanol–water partition coefficient (Wildman–Crippen LogP) is 2.17. The number of aryl methyl sites for hydroxylation is 1. The van der Waals surface area contributed by atoms with E-state index < -0.39 is 0 Å². The van der Waals surface area contributed by atoms with Gasteiger partial charge < -0.3 is 5.32 Å². The first-order valence-electron chi connectivity index (χ1n) is 5.68. The zero-order chi connectivity index (χ0) is 12.2. The Hall–Kier alpha value is -0.480. The summed E-state index contributed by atoms with van der Waals surface area (Å²) in [5, 5.41) is 8.01. The van der Waals surface area contributed by atoms with Crippen molar-refractivity contribution in [3.05, 3.63) is 17.5 Å². The minimum absolute atomic E-state index is 0.123. The van der Waals surface area contributed by atoms with Crippen molar-refractivity contribution in [1.82, 2.24) is 15.1 Å². The van der Waals surface area contributed by atoms with Gasteiger partial charge in [-0.2, -0.15) is 16.9 Å². The number of hydrogen-bond donors (Lipinski definition) is 1. The average molecular weight is 241 g/mol. The van der Waals surface area contributed by atoms with Crippen molar-refractivity contribution in [1.29, 1.82) is 0 Å². The molecule has 1 heterocycles. The van der Waals surface area contributed by atoms with E-state index in [0.29, 0.717) is 0 Å². The van der Waals surface area contributed by atoms with Gasteiger partial charge in [0.05, 0.1) is 5.69 Å². The van der Waals surface area contributed by atoms with Crippen LogP contribution in [0, 0.1) is 0 Å². The molecule has 0 saturated carbocycles. The third kappa shape index (κ3) is 3.83. The lowest BCUT2D eigenvalue weighted by molar-refractivity contribution is 0.544. The van der Waals surface area contributed by atoms with Gasteiger partial charge in [0.1, 0.15) is 0 Å². The molecule has 92 valence electrons. The van der Waals surface area contributed by atoms with Gasteiger partial charge in [-0.05, 0) is 6.26 Å². The summed E-state index contributed by atoms with van der Waals surface area (Å²) in [4.78, 5) is 0. The molecule has 0 bridgehead atoms. The Balaban J connectivity index is 2.65. The van der Waals surface area contributed by atoms with E-state index in [2.05, 4.69) is 43.6 Å². The van der Waals surface area contributed by atoms with Crippen molar-refractivity contribution in [2.24, 2.45) is 7.05 Å². The normalized spacial score (nSPS) is 12.1. The summed E-state index contributed by atoms with van der Waals surface area (Å²) in [7, 11) is 1.99. The number of aromatic nitrogens is 2. The molecule has 0 unspecified atom stereocenters. The van der Waals surface area contributed by atoms with Gasteiger partial charge in [-0.1, -0.05) is 20.8 Å². The SMILES string of the molecule is CSCCNCc1cn(C)nc1C(C)(C)C. The standard InChI is InChI=1S/C12H23N3S/c1-12(2,3)11-10(9-15(4)14-11)8-13-6-7-16-5/h9,13H,6-8H2,1-5H3. The molecule has 0 amide bonds. The summed E-state index contributed by atoms with van der Waals surface area (Å²) in [6.45, 7) is 8.60. The molecule has 1 rings (SSSR count). The maximum atomic E-state index is 4.55. The number of hydrogen-bond acceptors (Lipinski definition) is 3. The van der Waals surface area contributed by atoms with Crippen molar-refractivity contribution >= 4 is 11.8 Å². The lowest BCUT2D eigenvalue weighted by Crippen LogP contribution is -2.20. The summed E-state index contributed by atoms with van der Waals surface area (Å²) in [6.07, 6.45) is 4.25. The van der Waals surface area contributed by atoms with Crippen molar-refractivity contribution in [3.8, 4) is 0 Å². The van der Waals surface area contributed by atoms with E-state index in [9.17, 15) is 0 Å². The first-order valence-corrected chi connectivity index (χ1v) is 7.07. The summed E-state index contributed by atoms with van der Waals surface area (Å²) in [5.74, 6) is 1.16. The number of nitrogens with zero attached hydrogens (tertiary/aromatic N) is 2. The highest BCUT2D eigenvalue weighted by Crippen LogP contribution is 2.23. The maximum Gasteiger partial charge on any atom is 0.0722 e. The Labute approximate surface area is 103 Å². The first kappa shape index (κ1) is 13.6. The van der Waals surface area contributed by atoms with Gasteiger partial charge in [-0.25, -0.2) is 0 Å². The van der Waals surface area contributed by atoms with E-state index in [0.717, 1.165) is 18.8 Å². The Kier molecular flexibility index (Phi) is 4.87. The maximum absolute atomic E-state index is 4.55. The average Bonchev–Trinajstić information content (AvgIpc) is 2.54. The van der Waals surface area contributed by atoms with Crippen molar-refractivity contribution < 1.29 is 0 Å². The van der Waals surface area contributed by atoms with Crippen LogP contribution < -0.4 is 5.32 Å². The molecule has 4 heteroatoms. The lowest BCUT2D eigenvalue weighted by Gasteiger charge is -2.17.